The lowest BCUT2D eigenvalue weighted by atomic mass is 9.51. The van der Waals surface area contributed by atoms with Crippen molar-refractivity contribution in [1.82, 2.24) is 5.32 Å². The van der Waals surface area contributed by atoms with Gasteiger partial charge in [0.1, 0.15) is 24.4 Å². The first-order chi connectivity index (χ1) is 22.4. The van der Waals surface area contributed by atoms with Crippen molar-refractivity contribution in [3.05, 3.63) is 36.0 Å². The van der Waals surface area contributed by atoms with E-state index in [9.17, 15) is 29.1 Å². The second-order valence-corrected chi connectivity index (χ2v) is 15.7. The van der Waals surface area contributed by atoms with Crippen molar-refractivity contribution in [3.8, 4) is 0 Å². The van der Waals surface area contributed by atoms with Gasteiger partial charge < -0.3 is 34.1 Å². The van der Waals surface area contributed by atoms with E-state index in [4.69, 9.17) is 23.7 Å². The summed E-state index contributed by atoms with van der Waals surface area (Å²) in [5, 5.41) is 12.2. The van der Waals surface area contributed by atoms with Crippen LogP contribution in [-0.4, -0.2) is 84.7 Å². The number of ether oxygens (including phenoxy) is 5. The minimum atomic E-state index is -1.07. The van der Waals surface area contributed by atoms with Crippen LogP contribution in [0.3, 0.4) is 0 Å². The van der Waals surface area contributed by atoms with E-state index < -0.39 is 75.3 Å². The number of hydrogen-bond donors (Lipinski definition) is 2. The number of aliphatic carboxylic acids is 1. The molecule has 1 saturated carbocycles. The van der Waals surface area contributed by atoms with Crippen molar-refractivity contribution >= 4 is 29.8 Å². The summed E-state index contributed by atoms with van der Waals surface area (Å²) in [5.74, 6) is -3.24. The van der Waals surface area contributed by atoms with Gasteiger partial charge in [-0.1, -0.05) is 58.4 Å². The molecule has 0 aromatic heterocycles. The molecular weight excluding hydrogens is 622 g/mol. The number of carboxylic acid groups (broad SMARTS) is 1. The third kappa shape index (κ3) is 6.70. The molecule has 0 radical (unpaired) electrons. The number of hydrogen-bond acceptors (Lipinski definition) is 10. The Morgan fingerprint density at radius 1 is 1.02 bits per heavy atom. The van der Waals surface area contributed by atoms with Gasteiger partial charge in [0.05, 0.1) is 37.3 Å². The Labute approximate surface area is 281 Å². The van der Waals surface area contributed by atoms with Gasteiger partial charge in [-0.2, -0.15) is 0 Å². The maximum atomic E-state index is 14.0. The highest BCUT2D eigenvalue weighted by Crippen LogP contribution is 2.72. The number of nitrogens with one attached hydrogen (secondary N) is 1. The second-order valence-electron chi connectivity index (χ2n) is 15.7. The zero-order chi connectivity index (χ0) is 35.1. The van der Waals surface area contributed by atoms with E-state index in [1.54, 1.807) is 27.7 Å². The summed E-state index contributed by atoms with van der Waals surface area (Å²) in [5.41, 5.74) is -2.80. The monoisotopic (exact) mass is 671 g/mol. The van der Waals surface area contributed by atoms with E-state index >= 15 is 0 Å². The molecule has 3 aliphatic heterocycles. The molecule has 3 fully saturated rings. The van der Waals surface area contributed by atoms with Crippen LogP contribution in [0.5, 0.6) is 0 Å². The molecule has 1 amide bonds. The van der Waals surface area contributed by atoms with Gasteiger partial charge in [-0.05, 0) is 44.4 Å². The summed E-state index contributed by atoms with van der Waals surface area (Å²) in [7, 11) is 0. The topological polar surface area (TPSA) is 167 Å². The lowest BCUT2D eigenvalue weighted by Crippen LogP contribution is -2.67. The van der Waals surface area contributed by atoms with Crippen LogP contribution in [0.2, 0.25) is 0 Å². The third-order valence-electron chi connectivity index (χ3n) is 11.2. The first-order valence-electron chi connectivity index (χ1n) is 16.8. The van der Waals surface area contributed by atoms with E-state index in [2.05, 4.69) is 18.3 Å². The van der Waals surface area contributed by atoms with Crippen molar-refractivity contribution in [2.75, 3.05) is 19.8 Å². The highest BCUT2D eigenvalue weighted by Gasteiger charge is 2.83. The van der Waals surface area contributed by atoms with Gasteiger partial charge in [0.25, 0.3) is 0 Å². The predicted molar refractivity (Wildman–Crippen MR) is 171 cm³/mol. The molecule has 4 unspecified atom stereocenters. The molecule has 2 aliphatic carbocycles. The predicted octanol–water partition coefficient (Wildman–Crippen LogP) is 3.97. The lowest BCUT2D eigenvalue weighted by molar-refractivity contribution is -0.233. The lowest BCUT2D eigenvalue weighted by Gasteiger charge is -2.58. The molecular formula is C36H49NO11. The Balaban J connectivity index is 1.45. The number of rotatable bonds is 6. The van der Waals surface area contributed by atoms with Crippen LogP contribution in [0.1, 0.15) is 86.5 Å². The first-order valence-corrected chi connectivity index (χ1v) is 16.8. The Kier molecular flexibility index (Phi) is 9.75. The van der Waals surface area contributed by atoms with Crippen LogP contribution < -0.4 is 5.32 Å². The van der Waals surface area contributed by atoms with Gasteiger partial charge in [-0.3, -0.25) is 9.59 Å². The van der Waals surface area contributed by atoms with Gasteiger partial charge in [-0.25, -0.2) is 14.4 Å². The highest BCUT2D eigenvalue weighted by molar-refractivity contribution is 5.88. The van der Waals surface area contributed by atoms with Gasteiger partial charge in [0, 0.05) is 29.4 Å². The summed E-state index contributed by atoms with van der Waals surface area (Å²) in [6.45, 7) is 11.5. The van der Waals surface area contributed by atoms with Crippen LogP contribution >= 0.6 is 0 Å². The quantitative estimate of drug-likeness (QED) is 0.182. The smallest absolute Gasteiger partial charge is 0.331 e. The number of carboxylic acids is 1. The molecule has 5 aliphatic rings. The summed E-state index contributed by atoms with van der Waals surface area (Å²) in [6, 6.07) is -1.07. The first kappa shape index (κ1) is 35.8. The standard InChI is InChI=1S/C36H49NO11/c1-22-13-14-35-20-45-30(42)23(37-31(43)33(4,5)19-32(2,3)18-27(38)39)10-9-15-44-28(40)11-7-8-12-29(41)48-24-17-26(47-25(35)16-22)36(21-46-36)34(24,35)6/h7-8,11-12,16,23-26H,9-10,13-15,17-21H2,1-6H3,(H,37,43)(H,38,39)/b11-7+,12-8-/t23?,24?,25-,26?,34?,35-,36+/m1/s1. The molecule has 2 N–H and O–H groups in total. The van der Waals surface area contributed by atoms with Crippen molar-refractivity contribution in [2.24, 2.45) is 21.7 Å². The number of esters is 3. The van der Waals surface area contributed by atoms with Crippen LogP contribution in [0.15, 0.2) is 36.0 Å². The third-order valence-corrected chi connectivity index (χ3v) is 11.2. The minimum absolute atomic E-state index is 0.0193. The van der Waals surface area contributed by atoms with Crippen molar-refractivity contribution in [3.63, 3.8) is 0 Å². The van der Waals surface area contributed by atoms with E-state index in [1.807, 2.05) is 6.92 Å². The largest absolute Gasteiger partial charge is 0.481 e. The molecule has 3 heterocycles. The number of cyclic esters (lactones) is 2. The Morgan fingerprint density at radius 2 is 1.71 bits per heavy atom. The molecule has 5 rings (SSSR count). The van der Waals surface area contributed by atoms with Crippen LogP contribution in [0.25, 0.3) is 0 Å². The fraction of sp³-hybridized carbons (Fsp3) is 0.694. The maximum absolute atomic E-state index is 14.0. The van der Waals surface area contributed by atoms with Crippen molar-refractivity contribution in [1.29, 1.82) is 0 Å². The van der Waals surface area contributed by atoms with E-state index in [0.29, 0.717) is 19.4 Å². The van der Waals surface area contributed by atoms with E-state index in [-0.39, 0.29) is 45.0 Å². The molecule has 2 spiro atoms. The maximum Gasteiger partial charge on any atom is 0.331 e. The van der Waals surface area contributed by atoms with E-state index in [1.165, 1.54) is 24.3 Å². The number of carbonyl (C=O) groups is 5. The van der Waals surface area contributed by atoms with Gasteiger partial charge >= 0.3 is 23.9 Å². The molecule has 12 heteroatoms. The molecule has 12 nitrogen and oxygen atoms in total. The SMILES string of the molecule is CC1=C[C@H]2OC3CC4OC(=O)/C=C\C=C\C(=O)OCCCC(NC(=O)C(C)(C)CC(C)(C)CC(=O)O)C(=O)OC[C@@]2(CC1)C4(C)[C@]31CO1. The molecule has 2 bridgehead atoms. The molecule has 2 saturated heterocycles. The Hall–Kier alpha value is -3.51. The molecule has 48 heavy (non-hydrogen) atoms. The number of epoxide rings is 1. The molecule has 264 valence electrons. The molecule has 7 atom stereocenters. The minimum Gasteiger partial charge on any atom is -0.481 e. The summed E-state index contributed by atoms with van der Waals surface area (Å²) >= 11 is 0. The zero-order valence-corrected chi connectivity index (χ0v) is 28.8. The average Bonchev–Trinajstić information content (AvgIpc) is 3.76. The zero-order valence-electron chi connectivity index (χ0n) is 28.8. The fourth-order valence-electron chi connectivity index (χ4n) is 8.74. The molecule has 0 aromatic carbocycles. The van der Waals surface area contributed by atoms with Crippen LogP contribution in [0, 0.1) is 21.7 Å². The normalized spacial score (nSPS) is 37.0. The van der Waals surface area contributed by atoms with E-state index in [0.717, 1.165) is 12.0 Å². The van der Waals surface area contributed by atoms with Crippen molar-refractivity contribution < 1.29 is 52.8 Å². The molecule has 0 aromatic rings. The number of allylic oxidation sites excluding steroid dienone is 3. The second kappa shape index (κ2) is 13.1. The van der Waals surface area contributed by atoms with Crippen molar-refractivity contribution in [2.45, 2.75) is 116 Å². The van der Waals surface area contributed by atoms with Crippen LogP contribution in [0.4, 0.5) is 0 Å². The number of carbonyl (C=O) groups excluding carboxylic acids is 4. The van der Waals surface area contributed by atoms with Gasteiger partial charge in [0.2, 0.25) is 5.91 Å². The average molecular weight is 672 g/mol. The summed E-state index contributed by atoms with van der Waals surface area (Å²) in [6.07, 6.45) is 8.28. The summed E-state index contributed by atoms with van der Waals surface area (Å²) in [4.78, 5) is 64.4. The van der Waals surface area contributed by atoms with Gasteiger partial charge in [0.15, 0.2) is 0 Å². The Morgan fingerprint density at radius 3 is 2.38 bits per heavy atom. The Bertz CT molecular complexity index is 1420. The van der Waals surface area contributed by atoms with Crippen LogP contribution in [-0.2, 0) is 47.7 Å². The highest BCUT2D eigenvalue weighted by atomic mass is 16.6. The fourth-order valence-corrected chi connectivity index (χ4v) is 8.74. The van der Waals surface area contributed by atoms with Gasteiger partial charge in [-0.15, -0.1) is 0 Å². The number of amides is 1. The summed E-state index contributed by atoms with van der Waals surface area (Å²) < 4.78 is 30.4.